The summed E-state index contributed by atoms with van der Waals surface area (Å²) in [6.45, 7) is 13.4. The van der Waals surface area contributed by atoms with E-state index in [2.05, 4.69) is 61.4 Å². The summed E-state index contributed by atoms with van der Waals surface area (Å²) in [6.07, 6.45) is 2.52. The third kappa shape index (κ3) is 3.55. The molecular formula is C23H32N3O+. The Morgan fingerprint density at radius 2 is 1.81 bits per heavy atom. The standard InChI is InChI=1S/C23H31N3O/c1-16-6-5-7-22(18(16)3)25-12-10-24(11-13-25)15-23(27)21-14-17(2)26(19(21)4)20-8-9-20/h5-7,14,20H,8-13,15H2,1-4H3/p+1. The number of benzene rings is 1. The molecule has 0 radical (unpaired) electrons. The Morgan fingerprint density at radius 1 is 1.11 bits per heavy atom. The summed E-state index contributed by atoms with van der Waals surface area (Å²) in [6, 6.07) is 9.31. The highest BCUT2D eigenvalue weighted by Gasteiger charge is 2.30. The minimum absolute atomic E-state index is 0.310. The quantitative estimate of drug-likeness (QED) is 0.825. The van der Waals surface area contributed by atoms with Crippen LogP contribution in [0.15, 0.2) is 24.3 Å². The molecule has 0 spiro atoms. The Bertz CT molecular complexity index is 855. The van der Waals surface area contributed by atoms with E-state index in [1.807, 2.05) is 0 Å². The fourth-order valence-corrected chi connectivity index (χ4v) is 4.60. The Labute approximate surface area is 162 Å². The van der Waals surface area contributed by atoms with Crippen molar-refractivity contribution < 1.29 is 9.69 Å². The van der Waals surface area contributed by atoms with Crippen molar-refractivity contribution >= 4 is 11.5 Å². The van der Waals surface area contributed by atoms with Gasteiger partial charge in [0.15, 0.2) is 0 Å². The molecule has 0 amide bonds. The largest absolute Gasteiger partial charge is 0.360 e. The van der Waals surface area contributed by atoms with E-state index in [1.165, 1.54) is 45.9 Å². The minimum Gasteiger partial charge on any atom is -0.360 e. The maximum absolute atomic E-state index is 12.9. The Hall–Kier alpha value is -2.07. The molecule has 2 fully saturated rings. The van der Waals surface area contributed by atoms with Crippen molar-refractivity contribution in [2.45, 2.75) is 46.6 Å². The van der Waals surface area contributed by atoms with Crippen LogP contribution in [0.2, 0.25) is 0 Å². The fraction of sp³-hybridized carbons (Fsp3) is 0.522. The molecule has 1 aliphatic heterocycles. The number of nitrogens with one attached hydrogen (secondary N) is 1. The van der Waals surface area contributed by atoms with Gasteiger partial charge in [0.2, 0.25) is 5.78 Å². The Kier molecular flexibility index (Phi) is 4.85. The van der Waals surface area contributed by atoms with E-state index in [0.29, 0.717) is 18.4 Å². The monoisotopic (exact) mass is 366 g/mol. The first kappa shape index (κ1) is 18.3. The predicted molar refractivity (Wildman–Crippen MR) is 110 cm³/mol. The molecule has 1 aliphatic carbocycles. The summed E-state index contributed by atoms with van der Waals surface area (Å²) in [4.78, 5) is 16.8. The van der Waals surface area contributed by atoms with Gasteiger partial charge in [-0.2, -0.15) is 0 Å². The van der Waals surface area contributed by atoms with Crippen LogP contribution in [0.5, 0.6) is 0 Å². The molecule has 1 saturated carbocycles. The number of hydrogen-bond donors (Lipinski definition) is 1. The number of rotatable bonds is 5. The van der Waals surface area contributed by atoms with Crippen LogP contribution in [0.4, 0.5) is 5.69 Å². The predicted octanol–water partition coefficient (Wildman–Crippen LogP) is 2.64. The number of Topliss-reactive ketones (excluding diaryl/α,β-unsaturated/α-hetero) is 1. The number of piperazine rings is 1. The van der Waals surface area contributed by atoms with Crippen molar-refractivity contribution in [2.24, 2.45) is 0 Å². The van der Waals surface area contributed by atoms with Gasteiger partial charge in [-0.3, -0.25) is 4.79 Å². The zero-order chi connectivity index (χ0) is 19.1. The van der Waals surface area contributed by atoms with Gasteiger partial charge in [0, 0.05) is 28.7 Å². The zero-order valence-corrected chi connectivity index (χ0v) is 17.1. The lowest BCUT2D eigenvalue weighted by Gasteiger charge is -2.34. The van der Waals surface area contributed by atoms with Crippen molar-refractivity contribution in [2.75, 3.05) is 37.6 Å². The van der Waals surface area contributed by atoms with E-state index in [0.717, 1.165) is 31.7 Å². The van der Waals surface area contributed by atoms with Crippen molar-refractivity contribution in [3.05, 3.63) is 52.3 Å². The van der Waals surface area contributed by atoms with Crippen LogP contribution in [0.1, 0.15) is 51.8 Å². The molecule has 4 heteroatoms. The van der Waals surface area contributed by atoms with Gasteiger partial charge < -0.3 is 14.4 Å². The third-order valence-electron chi connectivity index (χ3n) is 6.49. The van der Waals surface area contributed by atoms with E-state index >= 15 is 0 Å². The highest BCUT2D eigenvalue weighted by atomic mass is 16.1. The minimum atomic E-state index is 0.310. The lowest BCUT2D eigenvalue weighted by Crippen LogP contribution is -3.15. The first-order valence-electron chi connectivity index (χ1n) is 10.3. The smallest absolute Gasteiger partial charge is 0.218 e. The number of quaternary nitrogens is 1. The maximum atomic E-state index is 12.9. The number of ketones is 1. The van der Waals surface area contributed by atoms with E-state index in [1.54, 1.807) is 0 Å². The van der Waals surface area contributed by atoms with E-state index in [-0.39, 0.29) is 0 Å². The second kappa shape index (κ2) is 7.16. The van der Waals surface area contributed by atoms with Crippen molar-refractivity contribution in [1.29, 1.82) is 0 Å². The number of nitrogens with zero attached hydrogens (tertiary/aromatic N) is 2. The van der Waals surface area contributed by atoms with Gasteiger partial charge in [-0.1, -0.05) is 12.1 Å². The molecule has 1 aromatic carbocycles. The average molecular weight is 367 g/mol. The van der Waals surface area contributed by atoms with Crippen molar-refractivity contribution in [3.8, 4) is 0 Å². The Morgan fingerprint density at radius 3 is 2.48 bits per heavy atom. The van der Waals surface area contributed by atoms with Gasteiger partial charge in [-0.15, -0.1) is 0 Å². The number of aryl methyl sites for hydroxylation is 2. The van der Waals surface area contributed by atoms with Crippen LogP contribution in [0, 0.1) is 27.7 Å². The van der Waals surface area contributed by atoms with Gasteiger partial charge in [-0.05, 0) is 63.8 Å². The number of anilines is 1. The molecule has 2 aliphatic rings. The molecule has 1 aromatic heterocycles. The van der Waals surface area contributed by atoms with Crippen LogP contribution in [0.25, 0.3) is 0 Å². The lowest BCUT2D eigenvalue weighted by atomic mass is 10.1. The van der Waals surface area contributed by atoms with Crippen LogP contribution in [0.3, 0.4) is 0 Å². The first-order valence-corrected chi connectivity index (χ1v) is 10.3. The fourth-order valence-electron chi connectivity index (χ4n) is 4.60. The van der Waals surface area contributed by atoms with Gasteiger partial charge in [0.25, 0.3) is 0 Å². The van der Waals surface area contributed by atoms with Crippen molar-refractivity contribution in [3.63, 3.8) is 0 Å². The van der Waals surface area contributed by atoms with E-state index < -0.39 is 0 Å². The Balaban J connectivity index is 1.39. The number of carbonyl (C=O) groups excluding carboxylic acids is 1. The zero-order valence-electron chi connectivity index (χ0n) is 17.1. The number of aromatic nitrogens is 1. The molecule has 1 N–H and O–H groups in total. The van der Waals surface area contributed by atoms with Gasteiger partial charge in [-0.25, -0.2) is 0 Å². The summed E-state index contributed by atoms with van der Waals surface area (Å²) >= 11 is 0. The summed E-state index contributed by atoms with van der Waals surface area (Å²) in [5.41, 5.74) is 7.45. The number of hydrogen-bond acceptors (Lipinski definition) is 2. The second-order valence-corrected chi connectivity index (χ2v) is 8.44. The molecule has 4 nitrogen and oxygen atoms in total. The SMILES string of the molecule is Cc1cccc(N2CC[NH+](CC(=O)c3cc(C)n(C4CC4)c3C)CC2)c1C. The van der Waals surface area contributed by atoms with E-state index in [9.17, 15) is 4.79 Å². The molecule has 0 unspecified atom stereocenters. The van der Waals surface area contributed by atoms with Gasteiger partial charge >= 0.3 is 0 Å². The summed E-state index contributed by atoms with van der Waals surface area (Å²) in [7, 11) is 0. The molecule has 4 rings (SSSR count). The van der Waals surface area contributed by atoms with Gasteiger partial charge in [0.05, 0.1) is 26.2 Å². The average Bonchev–Trinajstić information content (AvgIpc) is 3.43. The van der Waals surface area contributed by atoms with Crippen LogP contribution in [-0.4, -0.2) is 43.1 Å². The maximum Gasteiger partial charge on any atom is 0.218 e. The summed E-state index contributed by atoms with van der Waals surface area (Å²) in [5.74, 6) is 0.310. The molecule has 27 heavy (non-hydrogen) atoms. The second-order valence-electron chi connectivity index (χ2n) is 8.44. The topological polar surface area (TPSA) is 29.7 Å². The molecule has 0 atom stereocenters. The molecule has 144 valence electrons. The third-order valence-corrected chi connectivity index (χ3v) is 6.49. The molecular weight excluding hydrogens is 334 g/mol. The van der Waals surface area contributed by atoms with Gasteiger partial charge in [0.1, 0.15) is 6.54 Å². The van der Waals surface area contributed by atoms with Crippen LogP contribution in [-0.2, 0) is 0 Å². The highest BCUT2D eigenvalue weighted by Crippen LogP contribution is 2.38. The summed E-state index contributed by atoms with van der Waals surface area (Å²) in [5, 5.41) is 0. The van der Waals surface area contributed by atoms with Crippen molar-refractivity contribution in [1.82, 2.24) is 4.57 Å². The highest BCUT2D eigenvalue weighted by molar-refractivity contribution is 5.98. The molecule has 2 heterocycles. The first-order chi connectivity index (χ1) is 13.0. The van der Waals surface area contributed by atoms with Crippen LogP contribution >= 0.6 is 0 Å². The summed E-state index contributed by atoms with van der Waals surface area (Å²) < 4.78 is 2.38. The molecule has 1 saturated heterocycles. The lowest BCUT2D eigenvalue weighted by molar-refractivity contribution is -0.892. The normalized spacial score (nSPS) is 18.1. The van der Waals surface area contributed by atoms with E-state index in [4.69, 9.17) is 0 Å². The number of carbonyl (C=O) groups is 1. The van der Waals surface area contributed by atoms with Crippen LogP contribution < -0.4 is 9.80 Å². The molecule has 2 aromatic rings. The molecule has 0 bridgehead atoms.